The van der Waals surface area contributed by atoms with Gasteiger partial charge >= 0.3 is 0 Å². The number of hydrogen-bond donors (Lipinski definition) is 2. The predicted molar refractivity (Wildman–Crippen MR) is 114 cm³/mol. The van der Waals surface area contributed by atoms with E-state index in [2.05, 4.69) is 32.8 Å². The van der Waals surface area contributed by atoms with Crippen LogP contribution in [-0.2, 0) is 19.4 Å². The molecule has 2 N–H and O–H groups in total. The zero-order chi connectivity index (χ0) is 21.1. The summed E-state index contributed by atoms with van der Waals surface area (Å²) < 4.78 is 23.7. The number of anilines is 1. The number of hydrazine groups is 1. The van der Waals surface area contributed by atoms with Crippen molar-refractivity contribution < 1.29 is 18.0 Å². The first-order chi connectivity index (χ1) is 13.9. The molecule has 0 unspecified atom stereocenters. The normalized spacial score (nSPS) is 15.1. The second kappa shape index (κ2) is 11.8. The minimum Gasteiger partial charge on any atom is -0.369 e. The summed E-state index contributed by atoms with van der Waals surface area (Å²) in [5.41, 5.74) is 5.71. The molecular formula is C20H32N4O4S. The lowest BCUT2D eigenvalue weighted by Gasteiger charge is -2.36. The fourth-order valence-electron chi connectivity index (χ4n) is 3.21. The Morgan fingerprint density at radius 3 is 2.28 bits per heavy atom. The van der Waals surface area contributed by atoms with Crippen molar-refractivity contribution >= 4 is 27.3 Å². The number of nitrogens with zero attached hydrogens (tertiary/aromatic N) is 2. The maximum absolute atomic E-state index is 11.9. The minimum atomic E-state index is -3.43. The summed E-state index contributed by atoms with van der Waals surface area (Å²) in [6, 6.07) is 10.2. The average molecular weight is 425 g/mol. The van der Waals surface area contributed by atoms with Crippen molar-refractivity contribution in [1.82, 2.24) is 15.8 Å². The summed E-state index contributed by atoms with van der Waals surface area (Å²) in [7, 11) is -3.43. The molecule has 162 valence electrons. The molecule has 8 nitrogen and oxygen atoms in total. The van der Waals surface area contributed by atoms with Crippen LogP contribution in [0.3, 0.4) is 0 Å². The number of rotatable bonds is 10. The van der Waals surface area contributed by atoms with Crippen LogP contribution in [0.25, 0.3) is 0 Å². The number of carbonyl (C=O) groups excluding carboxylic acids is 2. The van der Waals surface area contributed by atoms with Gasteiger partial charge in [-0.15, -0.1) is 0 Å². The summed E-state index contributed by atoms with van der Waals surface area (Å²) in [5, 5.41) is 0. The Balaban J connectivity index is 1.61. The molecule has 1 aliphatic rings. The fraction of sp³-hybridized carbons (Fsp3) is 0.600. The number of hydrogen-bond acceptors (Lipinski definition) is 6. The lowest BCUT2D eigenvalue weighted by Crippen LogP contribution is -2.48. The van der Waals surface area contributed by atoms with Gasteiger partial charge in [0.25, 0.3) is 5.91 Å². The van der Waals surface area contributed by atoms with Crippen molar-refractivity contribution in [2.75, 3.05) is 49.1 Å². The largest absolute Gasteiger partial charge is 0.369 e. The monoisotopic (exact) mass is 424 g/mol. The molecule has 1 aromatic carbocycles. The summed E-state index contributed by atoms with van der Waals surface area (Å²) in [5.74, 6) is -1.63. The van der Waals surface area contributed by atoms with Crippen molar-refractivity contribution in [2.24, 2.45) is 0 Å². The highest BCUT2D eigenvalue weighted by atomic mass is 32.2. The number of para-hydroxylation sites is 1. The maximum atomic E-state index is 11.9. The highest BCUT2D eigenvalue weighted by Gasteiger charge is 2.19. The van der Waals surface area contributed by atoms with Crippen LogP contribution in [0.4, 0.5) is 5.69 Å². The molecule has 0 bridgehead atoms. The van der Waals surface area contributed by atoms with Crippen LogP contribution in [-0.4, -0.2) is 69.4 Å². The Kier molecular flexibility index (Phi) is 9.40. The first kappa shape index (κ1) is 23.2. The SMILES string of the molecule is CCCCCS(=O)(=O)CC(=O)NNC(=O)CCN1CCN(c2ccccc2)CC1. The molecular weight excluding hydrogens is 392 g/mol. The van der Waals surface area contributed by atoms with Gasteiger partial charge in [-0.1, -0.05) is 38.0 Å². The second-order valence-electron chi connectivity index (χ2n) is 7.31. The van der Waals surface area contributed by atoms with Crippen molar-refractivity contribution in [1.29, 1.82) is 0 Å². The number of benzene rings is 1. The first-order valence-electron chi connectivity index (χ1n) is 10.2. The van der Waals surface area contributed by atoms with E-state index in [1.54, 1.807) is 0 Å². The number of nitrogens with one attached hydrogen (secondary N) is 2. The standard InChI is InChI=1S/C20H32N4O4S/c1-2-3-7-16-29(27,28)17-20(26)22-21-19(25)10-11-23-12-14-24(15-13-23)18-8-5-4-6-9-18/h4-6,8-9H,2-3,7,10-17H2,1H3,(H,21,25)(H,22,26). The van der Waals surface area contributed by atoms with Crippen LogP contribution in [0.5, 0.6) is 0 Å². The Bertz CT molecular complexity index is 747. The van der Waals surface area contributed by atoms with Crippen molar-refractivity contribution in [3.63, 3.8) is 0 Å². The van der Waals surface area contributed by atoms with E-state index in [0.717, 1.165) is 39.0 Å². The van der Waals surface area contributed by atoms with Gasteiger partial charge in [-0.3, -0.25) is 25.3 Å². The molecule has 1 aliphatic heterocycles. The smallest absolute Gasteiger partial charge is 0.253 e. The van der Waals surface area contributed by atoms with Crippen LogP contribution >= 0.6 is 0 Å². The van der Waals surface area contributed by atoms with E-state index < -0.39 is 21.5 Å². The van der Waals surface area contributed by atoms with Gasteiger partial charge in [0.05, 0.1) is 5.75 Å². The summed E-state index contributed by atoms with van der Waals surface area (Å²) in [4.78, 5) is 28.2. The number of unbranched alkanes of at least 4 members (excludes halogenated alkanes) is 2. The van der Waals surface area contributed by atoms with E-state index in [-0.39, 0.29) is 18.1 Å². The van der Waals surface area contributed by atoms with Gasteiger partial charge < -0.3 is 4.90 Å². The first-order valence-corrected chi connectivity index (χ1v) is 12.0. The molecule has 0 radical (unpaired) electrons. The summed E-state index contributed by atoms with van der Waals surface area (Å²) in [6.07, 6.45) is 2.53. The molecule has 1 aromatic rings. The van der Waals surface area contributed by atoms with Crippen LogP contribution in [0.15, 0.2) is 30.3 Å². The maximum Gasteiger partial charge on any atom is 0.253 e. The van der Waals surface area contributed by atoms with E-state index in [4.69, 9.17) is 0 Å². The molecule has 0 saturated carbocycles. The van der Waals surface area contributed by atoms with Gasteiger partial charge in [0, 0.05) is 44.8 Å². The number of amides is 2. The van der Waals surface area contributed by atoms with E-state index >= 15 is 0 Å². The molecule has 2 amide bonds. The van der Waals surface area contributed by atoms with E-state index in [1.165, 1.54) is 5.69 Å². The number of carbonyl (C=O) groups is 2. The molecule has 9 heteroatoms. The van der Waals surface area contributed by atoms with Gasteiger partial charge in [0.1, 0.15) is 5.75 Å². The third-order valence-corrected chi connectivity index (χ3v) is 6.51. The fourth-order valence-corrected chi connectivity index (χ4v) is 4.47. The predicted octanol–water partition coefficient (Wildman–Crippen LogP) is 0.951. The third kappa shape index (κ3) is 8.82. The third-order valence-electron chi connectivity index (χ3n) is 4.90. The van der Waals surface area contributed by atoms with Crippen LogP contribution < -0.4 is 15.8 Å². The van der Waals surface area contributed by atoms with Crippen LogP contribution in [0.1, 0.15) is 32.6 Å². The molecule has 0 aliphatic carbocycles. The number of sulfone groups is 1. The zero-order valence-corrected chi connectivity index (χ0v) is 17.9. The lowest BCUT2D eigenvalue weighted by molar-refractivity contribution is -0.127. The summed E-state index contributed by atoms with van der Waals surface area (Å²) >= 11 is 0. The Morgan fingerprint density at radius 2 is 1.62 bits per heavy atom. The van der Waals surface area contributed by atoms with E-state index in [1.807, 2.05) is 25.1 Å². The van der Waals surface area contributed by atoms with Crippen molar-refractivity contribution in [2.45, 2.75) is 32.6 Å². The average Bonchev–Trinajstić information content (AvgIpc) is 2.71. The molecule has 0 atom stereocenters. The van der Waals surface area contributed by atoms with Gasteiger partial charge in [0.15, 0.2) is 9.84 Å². The Labute approximate surface area is 173 Å². The molecule has 1 heterocycles. The van der Waals surface area contributed by atoms with E-state index in [9.17, 15) is 18.0 Å². The molecule has 1 saturated heterocycles. The van der Waals surface area contributed by atoms with Crippen molar-refractivity contribution in [3.8, 4) is 0 Å². The van der Waals surface area contributed by atoms with Crippen LogP contribution in [0.2, 0.25) is 0 Å². The quantitative estimate of drug-likeness (QED) is 0.429. The van der Waals surface area contributed by atoms with Gasteiger partial charge in [-0.2, -0.15) is 0 Å². The Hall–Kier alpha value is -2.13. The highest BCUT2D eigenvalue weighted by Crippen LogP contribution is 2.15. The van der Waals surface area contributed by atoms with Gasteiger partial charge in [0.2, 0.25) is 5.91 Å². The molecule has 0 spiro atoms. The molecule has 1 fully saturated rings. The molecule has 0 aromatic heterocycles. The van der Waals surface area contributed by atoms with E-state index in [0.29, 0.717) is 13.0 Å². The summed E-state index contributed by atoms with van der Waals surface area (Å²) in [6.45, 7) is 6.11. The Morgan fingerprint density at radius 1 is 0.966 bits per heavy atom. The second-order valence-corrected chi connectivity index (χ2v) is 9.49. The topological polar surface area (TPSA) is 98.8 Å². The lowest BCUT2D eigenvalue weighted by atomic mass is 10.2. The van der Waals surface area contributed by atoms with Crippen molar-refractivity contribution in [3.05, 3.63) is 30.3 Å². The van der Waals surface area contributed by atoms with Gasteiger partial charge in [-0.25, -0.2) is 8.42 Å². The number of piperazine rings is 1. The highest BCUT2D eigenvalue weighted by molar-refractivity contribution is 7.92. The molecule has 2 rings (SSSR count). The minimum absolute atomic E-state index is 0.00281. The zero-order valence-electron chi connectivity index (χ0n) is 17.1. The van der Waals surface area contributed by atoms with Crippen LogP contribution in [0, 0.1) is 0 Å². The molecule has 29 heavy (non-hydrogen) atoms. The van der Waals surface area contributed by atoms with Gasteiger partial charge in [-0.05, 0) is 18.6 Å².